The number of halogens is 4. The number of carbonyl (C=O) groups excluding carboxylic acids is 2. The van der Waals surface area contributed by atoms with Gasteiger partial charge in [-0.3, -0.25) is 9.59 Å². The van der Waals surface area contributed by atoms with Crippen molar-refractivity contribution in [2.24, 2.45) is 5.10 Å². The first-order valence-electron chi connectivity index (χ1n) is 8.22. The minimum atomic E-state index is -4.56. The average molecular weight is 412 g/mol. The van der Waals surface area contributed by atoms with E-state index in [-0.39, 0.29) is 23.6 Å². The molecule has 2 aromatic carbocycles. The molecule has 0 saturated carbocycles. The van der Waals surface area contributed by atoms with Crippen LogP contribution in [0, 0.1) is 0 Å². The number of hydrogen-bond donors (Lipinski definition) is 2. The van der Waals surface area contributed by atoms with Crippen LogP contribution in [0.5, 0.6) is 0 Å². The van der Waals surface area contributed by atoms with Crippen LogP contribution in [0.15, 0.2) is 53.6 Å². The Morgan fingerprint density at radius 2 is 1.68 bits per heavy atom. The smallest absolute Gasteiger partial charge is 0.325 e. The maximum absolute atomic E-state index is 12.7. The van der Waals surface area contributed by atoms with Crippen LogP contribution in [-0.2, 0) is 15.8 Å². The van der Waals surface area contributed by atoms with Gasteiger partial charge < -0.3 is 5.32 Å². The summed E-state index contributed by atoms with van der Waals surface area (Å²) in [6, 6.07) is 11.8. The number of anilines is 1. The lowest BCUT2D eigenvalue weighted by atomic mass is 10.1. The lowest BCUT2D eigenvalue weighted by molar-refractivity contribution is -0.137. The number of alkyl halides is 3. The molecule has 0 aromatic heterocycles. The fourth-order valence-electron chi connectivity index (χ4n) is 2.18. The minimum absolute atomic E-state index is 0.0334. The molecule has 0 saturated heterocycles. The zero-order chi connectivity index (χ0) is 20.7. The Morgan fingerprint density at radius 1 is 1.04 bits per heavy atom. The standard InChI is InChI=1S/C19H17ClF3N3O2/c1-12(13-5-3-2-4-6-13)25-26-18(28)10-9-17(27)24-16-11-14(19(21,22)23)7-8-15(16)20/h2-8,11H,9-10H2,1H3,(H,24,27)(H,26,28)/b25-12-. The number of benzene rings is 2. The molecular formula is C19H17ClF3N3O2. The monoisotopic (exact) mass is 411 g/mol. The van der Waals surface area contributed by atoms with Crippen molar-refractivity contribution in [1.82, 2.24) is 5.43 Å². The Morgan fingerprint density at radius 3 is 2.32 bits per heavy atom. The van der Waals surface area contributed by atoms with Crippen LogP contribution in [0.2, 0.25) is 5.02 Å². The van der Waals surface area contributed by atoms with Gasteiger partial charge in [-0.15, -0.1) is 0 Å². The molecule has 0 fully saturated rings. The van der Waals surface area contributed by atoms with Crippen LogP contribution in [0.3, 0.4) is 0 Å². The minimum Gasteiger partial charge on any atom is -0.325 e. The van der Waals surface area contributed by atoms with Crippen molar-refractivity contribution >= 4 is 34.8 Å². The van der Waals surface area contributed by atoms with Crippen LogP contribution < -0.4 is 10.7 Å². The van der Waals surface area contributed by atoms with E-state index >= 15 is 0 Å². The molecule has 28 heavy (non-hydrogen) atoms. The van der Waals surface area contributed by atoms with Crippen LogP contribution >= 0.6 is 11.6 Å². The lowest BCUT2D eigenvalue weighted by Gasteiger charge is -2.11. The highest BCUT2D eigenvalue weighted by Crippen LogP contribution is 2.33. The molecule has 2 rings (SSSR count). The van der Waals surface area contributed by atoms with Gasteiger partial charge in [-0.25, -0.2) is 5.43 Å². The van der Waals surface area contributed by atoms with Gasteiger partial charge in [0.25, 0.3) is 0 Å². The average Bonchev–Trinajstić information content (AvgIpc) is 2.66. The molecule has 148 valence electrons. The third kappa shape index (κ3) is 6.38. The molecule has 0 heterocycles. The summed E-state index contributed by atoms with van der Waals surface area (Å²) in [7, 11) is 0. The largest absolute Gasteiger partial charge is 0.416 e. The molecule has 9 heteroatoms. The predicted octanol–water partition coefficient (Wildman–Crippen LogP) is 4.62. The van der Waals surface area contributed by atoms with Crippen LogP contribution in [-0.4, -0.2) is 17.5 Å². The Bertz CT molecular complexity index is 884. The first-order chi connectivity index (χ1) is 13.2. The van der Waals surface area contributed by atoms with Gasteiger partial charge in [0.05, 0.1) is 22.0 Å². The summed E-state index contributed by atoms with van der Waals surface area (Å²) in [6.45, 7) is 1.72. The van der Waals surface area contributed by atoms with Crippen LogP contribution in [0.4, 0.5) is 18.9 Å². The summed E-state index contributed by atoms with van der Waals surface area (Å²) in [5.74, 6) is -1.14. The van der Waals surface area contributed by atoms with Gasteiger partial charge >= 0.3 is 6.18 Å². The van der Waals surface area contributed by atoms with Gasteiger partial charge in [-0.2, -0.15) is 18.3 Å². The van der Waals surface area contributed by atoms with Gasteiger partial charge in [-0.1, -0.05) is 41.9 Å². The van der Waals surface area contributed by atoms with Crippen molar-refractivity contribution in [3.05, 3.63) is 64.7 Å². The molecule has 0 unspecified atom stereocenters. The molecule has 0 aliphatic heterocycles. The van der Waals surface area contributed by atoms with E-state index in [1.54, 1.807) is 6.92 Å². The number of nitrogens with zero attached hydrogens (tertiary/aromatic N) is 1. The van der Waals surface area contributed by atoms with E-state index in [9.17, 15) is 22.8 Å². The second-order valence-electron chi connectivity index (χ2n) is 5.84. The molecule has 0 spiro atoms. The van der Waals surface area contributed by atoms with E-state index in [2.05, 4.69) is 15.8 Å². The number of nitrogens with one attached hydrogen (secondary N) is 2. The molecule has 0 aliphatic rings. The summed E-state index contributed by atoms with van der Waals surface area (Å²) < 4.78 is 38.2. The topological polar surface area (TPSA) is 70.6 Å². The number of carbonyl (C=O) groups is 2. The molecule has 2 amide bonds. The summed E-state index contributed by atoms with van der Waals surface area (Å²) in [6.07, 6.45) is -4.98. The normalized spacial score (nSPS) is 11.8. The van der Waals surface area contributed by atoms with Gasteiger partial charge in [0.2, 0.25) is 11.8 Å². The molecular weight excluding hydrogens is 395 g/mol. The molecule has 0 bridgehead atoms. The number of hydrogen-bond acceptors (Lipinski definition) is 3. The van der Waals surface area contributed by atoms with Crippen molar-refractivity contribution in [2.45, 2.75) is 25.9 Å². The molecule has 0 radical (unpaired) electrons. The first-order valence-corrected chi connectivity index (χ1v) is 8.60. The van der Waals surface area contributed by atoms with E-state index in [1.165, 1.54) is 0 Å². The van der Waals surface area contributed by atoms with Crippen molar-refractivity contribution in [1.29, 1.82) is 0 Å². The van der Waals surface area contributed by atoms with E-state index in [1.807, 2.05) is 30.3 Å². The maximum atomic E-state index is 12.7. The highest BCUT2D eigenvalue weighted by molar-refractivity contribution is 6.33. The molecule has 5 nitrogen and oxygen atoms in total. The second kappa shape index (κ2) is 9.36. The first kappa shape index (κ1) is 21.4. The number of hydrazone groups is 1. The fraction of sp³-hybridized carbons (Fsp3) is 0.211. The Balaban J connectivity index is 1.88. The molecule has 2 aromatic rings. The quantitative estimate of drug-likeness (QED) is 0.538. The van der Waals surface area contributed by atoms with Gasteiger partial charge in [0.1, 0.15) is 0 Å². The molecule has 0 atom stereocenters. The van der Waals surface area contributed by atoms with Gasteiger partial charge in [0.15, 0.2) is 0 Å². The van der Waals surface area contributed by atoms with Crippen molar-refractivity contribution < 1.29 is 22.8 Å². The number of amides is 2. The zero-order valence-corrected chi connectivity index (χ0v) is 15.6. The Kier molecular flexibility index (Phi) is 7.17. The third-order valence-electron chi connectivity index (χ3n) is 3.69. The highest BCUT2D eigenvalue weighted by atomic mass is 35.5. The summed E-state index contributed by atoms with van der Waals surface area (Å²) in [5, 5.41) is 6.20. The van der Waals surface area contributed by atoms with Crippen molar-refractivity contribution in [2.75, 3.05) is 5.32 Å². The van der Waals surface area contributed by atoms with Crippen LogP contribution in [0.25, 0.3) is 0 Å². The Hall–Kier alpha value is -2.87. The van der Waals surface area contributed by atoms with E-state index < -0.39 is 23.6 Å². The molecule has 0 aliphatic carbocycles. The van der Waals surface area contributed by atoms with Crippen molar-refractivity contribution in [3.8, 4) is 0 Å². The fourth-order valence-corrected chi connectivity index (χ4v) is 2.35. The summed E-state index contributed by atoms with van der Waals surface area (Å²) in [5.41, 5.74) is 2.66. The van der Waals surface area contributed by atoms with Gasteiger partial charge in [-0.05, 0) is 30.7 Å². The zero-order valence-electron chi connectivity index (χ0n) is 14.8. The summed E-state index contributed by atoms with van der Waals surface area (Å²) in [4.78, 5) is 23.7. The van der Waals surface area contributed by atoms with E-state index in [0.717, 1.165) is 23.8 Å². The number of rotatable bonds is 6. The highest BCUT2D eigenvalue weighted by Gasteiger charge is 2.31. The second-order valence-corrected chi connectivity index (χ2v) is 6.25. The third-order valence-corrected chi connectivity index (χ3v) is 4.02. The lowest BCUT2D eigenvalue weighted by Crippen LogP contribution is -2.22. The maximum Gasteiger partial charge on any atom is 0.416 e. The van der Waals surface area contributed by atoms with Crippen molar-refractivity contribution in [3.63, 3.8) is 0 Å². The Labute approximate surface area is 164 Å². The SMILES string of the molecule is C/C(=N/NC(=O)CCC(=O)Nc1cc(C(F)(F)F)ccc1Cl)c1ccccc1. The van der Waals surface area contributed by atoms with Crippen LogP contribution in [0.1, 0.15) is 30.9 Å². The van der Waals surface area contributed by atoms with Gasteiger partial charge in [0, 0.05) is 12.8 Å². The predicted molar refractivity (Wildman–Crippen MR) is 101 cm³/mol. The summed E-state index contributed by atoms with van der Waals surface area (Å²) >= 11 is 5.82. The van der Waals surface area contributed by atoms with E-state index in [4.69, 9.17) is 11.6 Å². The van der Waals surface area contributed by atoms with E-state index in [0.29, 0.717) is 5.71 Å². The molecule has 2 N–H and O–H groups in total.